The monoisotopic (exact) mass is 294 g/mol. The molecule has 0 spiro atoms. The van der Waals surface area contributed by atoms with Crippen molar-refractivity contribution in [2.75, 3.05) is 6.23 Å². The van der Waals surface area contributed by atoms with E-state index in [9.17, 15) is 9.59 Å². The van der Waals surface area contributed by atoms with Crippen molar-refractivity contribution in [2.45, 2.75) is 20.5 Å². The molecule has 0 saturated heterocycles. The number of hydrogen-bond acceptors (Lipinski definition) is 5. The van der Waals surface area contributed by atoms with Gasteiger partial charge in [-0.1, -0.05) is 36.9 Å². The van der Waals surface area contributed by atoms with Crippen molar-refractivity contribution in [2.24, 2.45) is 0 Å². The van der Waals surface area contributed by atoms with Gasteiger partial charge in [-0.25, -0.2) is 0 Å². The molecule has 0 radical (unpaired) electrons. The van der Waals surface area contributed by atoms with E-state index >= 15 is 0 Å². The molecule has 0 atom stereocenters. The van der Waals surface area contributed by atoms with Gasteiger partial charge in [-0.2, -0.15) is 0 Å². The first-order valence-corrected chi connectivity index (χ1v) is 7.90. The third kappa shape index (κ3) is 6.30. The lowest BCUT2D eigenvalue weighted by molar-refractivity contribution is -0.138. The van der Waals surface area contributed by atoms with Crippen LogP contribution in [0.4, 0.5) is 0 Å². The summed E-state index contributed by atoms with van der Waals surface area (Å²) in [5.74, 6) is -0.941. The summed E-state index contributed by atoms with van der Waals surface area (Å²) in [6.45, 7) is 6.59. The summed E-state index contributed by atoms with van der Waals surface area (Å²) >= 11 is 0. The minimum absolute atomic E-state index is 0.127. The summed E-state index contributed by atoms with van der Waals surface area (Å²) < 4.78 is 15.3. The Morgan fingerprint density at radius 1 is 1.15 bits per heavy atom. The summed E-state index contributed by atoms with van der Waals surface area (Å²) in [5.41, 5.74) is 2.01. The largest absolute Gasteiger partial charge is 0.486 e. The van der Waals surface area contributed by atoms with E-state index in [1.807, 2.05) is 24.3 Å². The van der Waals surface area contributed by atoms with Gasteiger partial charge in [0.05, 0.1) is 6.61 Å². The highest BCUT2D eigenvalue weighted by Crippen LogP contribution is 2.07. The van der Waals surface area contributed by atoms with Crippen LogP contribution in [0.5, 0.6) is 0 Å². The lowest BCUT2D eigenvalue weighted by atomic mass is 10.1. The Kier molecular flexibility index (Phi) is 6.69. The molecule has 0 unspecified atom stereocenters. The lowest BCUT2D eigenvalue weighted by Crippen LogP contribution is -2.32. The molecule has 20 heavy (non-hydrogen) atoms. The van der Waals surface area contributed by atoms with Gasteiger partial charge in [-0.05, 0) is 11.1 Å². The van der Waals surface area contributed by atoms with E-state index in [1.165, 1.54) is 13.8 Å². The number of ether oxygens (including phenoxy) is 1. The van der Waals surface area contributed by atoms with Gasteiger partial charge in [0.15, 0.2) is 0 Å². The molecule has 0 saturated carbocycles. The molecule has 0 bridgehead atoms. The Morgan fingerprint density at radius 3 is 2.15 bits per heavy atom. The molecule has 0 aliphatic rings. The Hall–Kier alpha value is -1.92. The van der Waals surface area contributed by atoms with E-state index in [0.717, 1.165) is 11.1 Å². The van der Waals surface area contributed by atoms with E-state index < -0.39 is 21.2 Å². The van der Waals surface area contributed by atoms with Crippen LogP contribution in [0.25, 0.3) is 6.08 Å². The molecule has 1 aromatic carbocycles. The summed E-state index contributed by atoms with van der Waals surface area (Å²) in [4.78, 5) is 21.8. The first-order valence-electron chi connectivity index (χ1n) is 6.15. The average molecular weight is 294 g/mol. The van der Waals surface area contributed by atoms with Crippen LogP contribution in [0.3, 0.4) is 0 Å². The molecule has 108 valence electrons. The third-order valence-corrected chi connectivity index (χ3v) is 4.03. The summed E-state index contributed by atoms with van der Waals surface area (Å²) in [7, 11) is -2.44. The minimum Gasteiger partial charge on any atom is -0.486 e. The highest BCUT2D eigenvalue weighted by molar-refractivity contribution is 6.48. The normalized spacial score (nSPS) is 10.2. The predicted octanol–water partition coefficient (Wildman–Crippen LogP) is 1.73. The number of benzene rings is 1. The fraction of sp³-hybridized carbons (Fsp3) is 0.286. The summed E-state index contributed by atoms with van der Waals surface area (Å²) in [6.07, 6.45) is 1.89. The number of carbonyl (C=O) groups excluding carboxylic acids is 2. The average Bonchev–Trinajstić information content (AvgIpc) is 2.38. The molecule has 6 heteroatoms. The quantitative estimate of drug-likeness (QED) is 0.717. The van der Waals surface area contributed by atoms with Crippen molar-refractivity contribution in [3.05, 3.63) is 42.0 Å². The molecule has 0 fully saturated rings. The van der Waals surface area contributed by atoms with Crippen LogP contribution in [0, 0.1) is 0 Å². The van der Waals surface area contributed by atoms with E-state index in [1.54, 1.807) is 6.08 Å². The topological polar surface area (TPSA) is 61.8 Å². The number of carbonyl (C=O) groups is 2. The van der Waals surface area contributed by atoms with Crippen LogP contribution < -0.4 is 0 Å². The molecule has 1 rings (SSSR count). The van der Waals surface area contributed by atoms with E-state index in [0.29, 0.717) is 6.61 Å². The van der Waals surface area contributed by atoms with Crippen LogP contribution >= 0.6 is 0 Å². The molecular weight excluding hydrogens is 276 g/mol. The highest BCUT2D eigenvalue weighted by atomic mass is 28.3. The maximum Gasteiger partial charge on any atom is 0.474 e. The van der Waals surface area contributed by atoms with Crippen molar-refractivity contribution >= 4 is 27.3 Å². The van der Waals surface area contributed by atoms with Crippen molar-refractivity contribution < 1.29 is 23.2 Å². The fourth-order valence-corrected chi connectivity index (χ4v) is 2.72. The Morgan fingerprint density at radius 2 is 1.70 bits per heavy atom. The molecule has 0 aliphatic heterocycles. The van der Waals surface area contributed by atoms with Crippen LogP contribution in [-0.4, -0.2) is 27.5 Å². The van der Waals surface area contributed by atoms with Crippen molar-refractivity contribution in [1.82, 2.24) is 0 Å². The fourth-order valence-electron chi connectivity index (χ4n) is 1.49. The second kappa shape index (κ2) is 8.29. The van der Waals surface area contributed by atoms with Gasteiger partial charge in [0.1, 0.15) is 6.23 Å². The van der Waals surface area contributed by atoms with Gasteiger partial charge in [-0.3, -0.25) is 9.59 Å². The first-order chi connectivity index (χ1) is 9.51. The van der Waals surface area contributed by atoms with Crippen molar-refractivity contribution in [3.63, 3.8) is 0 Å². The Balaban J connectivity index is 2.43. The smallest absolute Gasteiger partial charge is 0.474 e. The highest BCUT2D eigenvalue weighted by Gasteiger charge is 2.20. The summed E-state index contributed by atoms with van der Waals surface area (Å²) in [5, 5.41) is 0. The van der Waals surface area contributed by atoms with E-state index in [2.05, 4.69) is 6.58 Å². The molecular formula is C14H18O5Si. The minimum atomic E-state index is -2.44. The number of rotatable bonds is 7. The van der Waals surface area contributed by atoms with Gasteiger partial charge in [0.2, 0.25) is 0 Å². The van der Waals surface area contributed by atoms with E-state index in [4.69, 9.17) is 13.6 Å². The van der Waals surface area contributed by atoms with E-state index in [-0.39, 0.29) is 6.23 Å². The van der Waals surface area contributed by atoms with Gasteiger partial charge >= 0.3 is 9.28 Å². The maximum atomic E-state index is 10.9. The molecule has 0 aliphatic carbocycles. The molecule has 0 N–H and O–H groups in total. The van der Waals surface area contributed by atoms with Gasteiger partial charge in [-0.15, -0.1) is 0 Å². The lowest BCUT2D eigenvalue weighted by Gasteiger charge is -2.14. The Labute approximate surface area is 120 Å². The Bertz CT molecular complexity index is 453. The van der Waals surface area contributed by atoms with Crippen LogP contribution in [-0.2, 0) is 29.8 Å². The SMILES string of the molecule is C=Cc1ccc(COC[SiH](OC(C)=O)OC(C)=O)cc1. The van der Waals surface area contributed by atoms with Crippen LogP contribution in [0.15, 0.2) is 30.8 Å². The molecule has 1 aromatic rings. The van der Waals surface area contributed by atoms with Crippen LogP contribution in [0.2, 0.25) is 0 Å². The second-order valence-corrected chi connectivity index (χ2v) is 5.77. The predicted molar refractivity (Wildman–Crippen MR) is 76.9 cm³/mol. The number of hydrogen-bond donors (Lipinski definition) is 0. The second-order valence-electron chi connectivity index (χ2n) is 4.11. The van der Waals surface area contributed by atoms with Gasteiger partial charge in [0.25, 0.3) is 11.9 Å². The van der Waals surface area contributed by atoms with Crippen molar-refractivity contribution in [3.8, 4) is 0 Å². The maximum absolute atomic E-state index is 10.9. The molecule has 0 aromatic heterocycles. The third-order valence-electron chi connectivity index (χ3n) is 2.33. The standard InChI is InChI=1S/C14H18O5Si/c1-4-13-5-7-14(8-6-13)9-17-10-20(18-11(2)15)19-12(3)16/h4-8,20H,1,9-10H2,2-3H3. The van der Waals surface area contributed by atoms with Crippen LogP contribution in [0.1, 0.15) is 25.0 Å². The molecule has 5 nitrogen and oxygen atoms in total. The zero-order chi connectivity index (χ0) is 15.0. The molecule has 0 amide bonds. The molecule has 0 heterocycles. The van der Waals surface area contributed by atoms with Gasteiger partial charge < -0.3 is 13.6 Å². The summed E-state index contributed by atoms with van der Waals surface area (Å²) in [6, 6.07) is 7.70. The first kappa shape index (κ1) is 16.1. The van der Waals surface area contributed by atoms with Crippen molar-refractivity contribution in [1.29, 1.82) is 0 Å². The zero-order valence-corrected chi connectivity index (χ0v) is 12.8. The zero-order valence-electron chi connectivity index (χ0n) is 11.6. The van der Waals surface area contributed by atoms with Gasteiger partial charge in [0, 0.05) is 13.8 Å².